The maximum atomic E-state index is 12.2. The van der Waals surface area contributed by atoms with Gasteiger partial charge in [-0.15, -0.1) is 0 Å². The molecule has 1 heterocycles. The normalized spacial score (nSPS) is 14.1. The van der Waals surface area contributed by atoms with E-state index >= 15 is 0 Å². The fraction of sp³-hybridized carbons (Fsp3) is 0.500. The van der Waals surface area contributed by atoms with Crippen molar-refractivity contribution in [2.75, 3.05) is 5.73 Å². The Kier molecular flexibility index (Phi) is 4.21. The monoisotopic (exact) mass is 289 g/mol. The Morgan fingerprint density at radius 1 is 1.33 bits per heavy atom. The van der Waals surface area contributed by atoms with Crippen LogP contribution in [0.1, 0.15) is 44.4 Å². The smallest absolute Gasteiger partial charge is 0.329 e. The van der Waals surface area contributed by atoms with Gasteiger partial charge < -0.3 is 10.5 Å². The molecule has 5 heteroatoms. The summed E-state index contributed by atoms with van der Waals surface area (Å²) in [5, 5.41) is 0. The topological polar surface area (TPSA) is 70.1 Å². The highest BCUT2D eigenvalue weighted by molar-refractivity contribution is 5.84. The summed E-state index contributed by atoms with van der Waals surface area (Å²) in [6.07, 6.45) is 0.691. The van der Waals surface area contributed by atoms with Crippen LogP contribution in [0.15, 0.2) is 12.1 Å². The number of hydrogen-bond acceptors (Lipinski definition) is 4. The number of carbonyl (C=O) groups is 1. The Bertz CT molecular complexity index is 676. The lowest BCUT2D eigenvalue weighted by Gasteiger charge is -2.18. The molecule has 0 spiro atoms. The van der Waals surface area contributed by atoms with Crippen molar-refractivity contribution in [2.24, 2.45) is 0 Å². The molecule has 1 aromatic carbocycles. The number of nitrogens with zero attached hydrogens (tertiary/aromatic N) is 2. The maximum absolute atomic E-state index is 12.2. The van der Waals surface area contributed by atoms with E-state index in [1.54, 1.807) is 11.5 Å². The second-order valence-electron chi connectivity index (χ2n) is 5.60. The minimum Gasteiger partial charge on any atom is -0.461 e. The molecule has 114 valence electrons. The number of hydrogen-bond donors (Lipinski definition) is 1. The number of nitrogen functional groups attached to an aromatic ring is 1. The molecule has 2 N–H and O–H groups in total. The van der Waals surface area contributed by atoms with E-state index < -0.39 is 6.04 Å². The van der Waals surface area contributed by atoms with E-state index in [0.717, 1.165) is 28.6 Å². The van der Waals surface area contributed by atoms with Crippen LogP contribution in [-0.2, 0) is 9.53 Å². The standard InChI is InChI=1S/C16H23N3O2/c1-6-11(4)21-15(20)12(5)19-14-8-10(3)9(2)7-13(14)18-16(19)17/h7-8,11-12H,6H2,1-5H3,(H2,17,18). The first-order chi connectivity index (χ1) is 9.85. The molecule has 0 fully saturated rings. The predicted molar refractivity (Wildman–Crippen MR) is 84.2 cm³/mol. The van der Waals surface area contributed by atoms with Crippen molar-refractivity contribution in [2.45, 2.75) is 53.2 Å². The third-order valence-electron chi connectivity index (χ3n) is 3.95. The lowest BCUT2D eigenvalue weighted by atomic mass is 10.1. The number of esters is 1. The number of nitrogens with two attached hydrogens (primary N) is 1. The minimum absolute atomic E-state index is 0.0973. The third kappa shape index (κ3) is 2.86. The largest absolute Gasteiger partial charge is 0.461 e. The number of benzene rings is 1. The second kappa shape index (κ2) is 5.76. The van der Waals surface area contributed by atoms with Crippen molar-refractivity contribution in [3.63, 3.8) is 0 Å². The molecule has 5 nitrogen and oxygen atoms in total. The van der Waals surface area contributed by atoms with Crippen molar-refractivity contribution in [1.29, 1.82) is 0 Å². The summed E-state index contributed by atoms with van der Waals surface area (Å²) < 4.78 is 7.14. The van der Waals surface area contributed by atoms with Gasteiger partial charge in [0.25, 0.3) is 0 Å². The molecule has 1 aromatic heterocycles. The average Bonchev–Trinajstić information content (AvgIpc) is 2.73. The highest BCUT2D eigenvalue weighted by Gasteiger charge is 2.23. The van der Waals surface area contributed by atoms with Crippen LogP contribution in [0.5, 0.6) is 0 Å². The van der Waals surface area contributed by atoms with Crippen molar-refractivity contribution in [1.82, 2.24) is 9.55 Å². The Balaban J connectivity index is 2.43. The molecular formula is C16H23N3O2. The van der Waals surface area contributed by atoms with Gasteiger partial charge in [0.05, 0.1) is 17.1 Å². The molecule has 0 aliphatic heterocycles. The number of aromatic nitrogens is 2. The van der Waals surface area contributed by atoms with Gasteiger partial charge in [-0.3, -0.25) is 4.57 Å². The van der Waals surface area contributed by atoms with E-state index in [2.05, 4.69) is 4.98 Å². The first-order valence-electron chi connectivity index (χ1n) is 7.30. The van der Waals surface area contributed by atoms with Crippen LogP contribution in [0.2, 0.25) is 0 Å². The summed E-state index contributed by atoms with van der Waals surface area (Å²) in [7, 11) is 0. The van der Waals surface area contributed by atoms with Gasteiger partial charge in [-0.25, -0.2) is 9.78 Å². The zero-order valence-electron chi connectivity index (χ0n) is 13.3. The van der Waals surface area contributed by atoms with Crippen molar-refractivity contribution >= 4 is 23.0 Å². The second-order valence-corrected chi connectivity index (χ2v) is 5.60. The Morgan fingerprint density at radius 3 is 2.57 bits per heavy atom. The first-order valence-corrected chi connectivity index (χ1v) is 7.30. The zero-order chi connectivity index (χ0) is 15.7. The van der Waals surface area contributed by atoms with Gasteiger partial charge in [-0.2, -0.15) is 0 Å². The molecule has 2 rings (SSSR count). The molecule has 2 aromatic rings. The quantitative estimate of drug-likeness (QED) is 0.878. The lowest BCUT2D eigenvalue weighted by molar-refractivity contribution is -0.151. The van der Waals surface area contributed by atoms with Gasteiger partial charge >= 0.3 is 5.97 Å². The van der Waals surface area contributed by atoms with E-state index in [4.69, 9.17) is 10.5 Å². The summed E-state index contributed by atoms with van der Waals surface area (Å²) in [5.74, 6) is 0.0529. The molecule has 0 saturated carbocycles. The fourth-order valence-corrected chi connectivity index (χ4v) is 2.26. The number of ether oxygens (including phenoxy) is 1. The summed E-state index contributed by atoms with van der Waals surface area (Å²) in [5.41, 5.74) is 9.97. The molecule has 0 aliphatic carbocycles. The zero-order valence-corrected chi connectivity index (χ0v) is 13.3. The number of aryl methyl sites for hydroxylation is 2. The van der Waals surface area contributed by atoms with Gasteiger partial charge in [0, 0.05) is 0 Å². The molecule has 2 unspecified atom stereocenters. The van der Waals surface area contributed by atoms with E-state index in [-0.39, 0.29) is 12.1 Å². The number of anilines is 1. The predicted octanol–water partition coefficient (Wildman–Crippen LogP) is 3.14. The van der Waals surface area contributed by atoms with Crippen LogP contribution >= 0.6 is 0 Å². The molecule has 0 bridgehead atoms. The third-order valence-corrected chi connectivity index (χ3v) is 3.95. The molecule has 0 radical (unpaired) electrons. The summed E-state index contributed by atoms with van der Waals surface area (Å²) >= 11 is 0. The van der Waals surface area contributed by atoms with Gasteiger partial charge in [-0.05, 0) is 57.4 Å². The Labute approximate surface area is 125 Å². The van der Waals surface area contributed by atoms with E-state index in [0.29, 0.717) is 5.95 Å². The van der Waals surface area contributed by atoms with Crippen LogP contribution in [-0.4, -0.2) is 21.6 Å². The summed E-state index contributed by atoms with van der Waals surface area (Å²) in [4.78, 5) is 16.6. The molecule has 0 saturated heterocycles. The molecule has 0 aliphatic rings. The molecule has 2 atom stereocenters. The van der Waals surface area contributed by atoms with Gasteiger partial charge in [0.1, 0.15) is 6.04 Å². The van der Waals surface area contributed by atoms with Crippen LogP contribution in [0.4, 0.5) is 5.95 Å². The SMILES string of the molecule is CCC(C)OC(=O)C(C)n1c(N)nc2cc(C)c(C)cc21. The number of rotatable bonds is 4. The van der Waals surface area contributed by atoms with Crippen molar-refractivity contribution in [3.8, 4) is 0 Å². The van der Waals surface area contributed by atoms with Crippen molar-refractivity contribution in [3.05, 3.63) is 23.3 Å². The van der Waals surface area contributed by atoms with Crippen LogP contribution in [0.25, 0.3) is 11.0 Å². The summed E-state index contributed by atoms with van der Waals surface area (Å²) in [6.45, 7) is 9.72. The van der Waals surface area contributed by atoms with Gasteiger partial charge in [0.15, 0.2) is 0 Å². The minimum atomic E-state index is -0.494. The highest BCUT2D eigenvalue weighted by Crippen LogP contribution is 2.26. The lowest BCUT2D eigenvalue weighted by Crippen LogP contribution is -2.24. The van der Waals surface area contributed by atoms with Crippen LogP contribution in [0.3, 0.4) is 0 Å². The first kappa shape index (κ1) is 15.4. The molecular weight excluding hydrogens is 266 g/mol. The summed E-state index contributed by atoms with van der Waals surface area (Å²) in [6, 6.07) is 3.51. The van der Waals surface area contributed by atoms with E-state index in [9.17, 15) is 4.79 Å². The number of carbonyl (C=O) groups excluding carboxylic acids is 1. The fourth-order valence-electron chi connectivity index (χ4n) is 2.26. The van der Waals surface area contributed by atoms with E-state index in [1.165, 1.54) is 0 Å². The van der Waals surface area contributed by atoms with Crippen LogP contribution < -0.4 is 5.73 Å². The van der Waals surface area contributed by atoms with Gasteiger partial charge in [-0.1, -0.05) is 6.92 Å². The number of fused-ring (bicyclic) bond motifs is 1. The Hall–Kier alpha value is -2.04. The van der Waals surface area contributed by atoms with Crippen molar-refractivity contribution < 1.29 is 9.53 Å². The molecule has 0 amide bonds. The maximum Gasteiger partial charge on any atom is 0.329 e. The van der Waals surface area contributed by atoms with E-state index in [1.807, 2.05) is 39.8 Å². The van der Waals surface area contributed by atoms with Crippen LogP contribution in [0, 0.1) is 13.8 Å². The highest BCUT2D eigenvalue weighted by atomic mass is 16.5. The average molecular weight is 289 g/mol. The number of imidazole rings is 1. The molecule has 21 heavy (non-hydrogen) atoms. The Morgan fingerprint density at radius 2 is 1.95 bits per heavy atom. The van der Waals surface area contributed by atoms with Gasteiger partial charge in [0.2, 0.25) is 5.95 Å².